The van der Waals surface area contributed by atoms with Crippen molar-refractivity contribution in [3.05, 3.63) is 48.2 Å². The van der Waals surface area contributed by atoms with E-state index in [1.54, 1.807) is 58.8 Å². The van der Waals surface area contributed by atoms with Crippen LogP contribution in [-0.4, -0.2) is 39.5 Å². The van der Waals surface area contributed by atoms with Crippen LogP contribution in [0.4, 0.5) is 5.69 Å². The van der Waals surface area contributed by atoms with E-state index < -0.39 is 5.41 Å². The molecule has 0 aliphatic heterocycles. The minimum atomic E-state index is -0.719. The van der Waals surface area contributed by atoms with Crippen LogP contribution in [0.1, 0.15) is 18.5 Å². The number of nitrogens with one attached hydrogen (secondary N) is 1. The number of carbonyl (C=O) groups is 1. The summed E-state index contributed by atoms with van der Waals surface area (Å²) in [5.41, 5.74) is 1.23. The zero-order valence-electron chi connectivity index (χ0n) is 17.9. The van der Waals surface area contributed by atoms with E-state index in [1.165, 1.54) is 0 Å². The first-order valence-corrected chi connectivity index (χ1v) is 9.77. The van der Waals surface area contributed by atoms with Crippen molar-refractivity contribution in [3.63, 3.8) is 0 Å². The monoisotopic (exact) mass is 424 g/mol. The van der Waals surface area contributed by atoms with Crippen LogP contribution in [0.25, 0.3) is 11.3 Å². The van der Waals surface area contributed by atoms with Gasteiger partial charge in [-0.2, -0.15) is 0 Å². The summed E-state index contributed by atoms with van der Waals surface area (Å²) < 4.78 is 26.8. The fourth-order valence-corrected chi connectivity index (χ4v) is 3.49. The zero-order chi connectivity index (χ0) is 22.0. The number of carbonyl (C=O) groups excluding carboxylic acids is 1. The van der Waals surface area contributed by atoms with Crippen LogP contribution in [0, 0.1) is 0 Å². The highest BCUT2D eigenvalue weighted by Crippen LogP contribution is 2.49. The third-order valence-corrected chi connectivity index (χ3v) is 5.51. The van der Waals surface area contributed by atoms with Gasteiger partial charge in [-0.3, -0.25) is 4.79 Å². The van der Waals surface area contributed by atoms with E-state index in [4.69, 9.17) is 23.5 Å². The summed E-state index contributed by atoms with van der Waals surface area (Å²) in [6.07, 6.45) is 1.38. The Labute approximate surface area is 180 Å². The second-order valence-corrected chi connectivity index (χ2v) is 7.25. The van der Waals surface area contributed by atoms with Gasteiger partial charge in [0.2, 0.25) is 5.91 Å². The van der Waals surface area contributed by atoms with Crippen LogP contribution in [0.3, 0.4) is 0 Å². The summed E-state index contributed by atoms with van der Waals surface area (Å²) in [7, 11) is 6.28. The molecule has 1 N–H and O–H groups in total. The average molecular weight is 424 g/mol. The second kappa shape index (κ2) is 8.22. The Kier molecular flexibility index (Phi) is 5.46. The number of amides is 1. The van der Waals surface area contributed by atoms with Gasteiger partial charge in [0.15, 0.2) is 17.3 Å². The predicted molar refractivity (Wildman–Crippen MR) is 114 cm³/mol. The Morgan fingerprint density at radius 3 is 2.29 bits per heavy atom. The maximum absolute atomic E-state index is 13.1. The number of aromatic nitrogens is 1. The van der Waals surface area contributed by atoms with Gasteiger partial charge in [-0.1, -0.05) is 5.16 Å². The van der Waals surface area contributed by atoms with Gasteiger partial charge >= 0.3 is 0 Å². The number of hydrogen-bond acceptors (Lipinski definition) is 7. The first kappa shape index (κ1) is 20.6. The molecular weight excluding hydrogens is 400 g/mol. The number of benzene rings is 2. The van der Waals surface area contributed by atoms with Crippen molar-refractivity contribution in [1.29, 1.82) is 0 Å². The van der Waals surface area contributed by atoms with Gasteiger partial charge in [0.25, 0.3) is 0 Å². The van der Waals surface area contributed by atoms with E-state index in [0.29, 0.717) is 53.0 Å². The molecule has 0 saturated heterocycles. The van der Waals surface area contributed by atoms with Gasteiger partial charge in [-0.25, -0.2) is 0 Å². The van der Waals surface area contributed by atoms with E-state index >= 15 is 0 Å². The first-order valence-electron chi connectivity index (χ1n) is 9.77. The topological polar surface area (TPSA) is 92.1 Å². The third-order valence-electron chi connectivity index (χ3n) is 5.51. The summed E-state index contributed by atoms with van der Waals surface area (Å²) >= 11 is 0. The fraction of sp³-hybridized carbons (Fsp3) is 0.304. The molecule has 0 radical (unpaired) electrons. The Morgan fingerprint density at radius 2 is 1.65 bits per heavy atom. The number of nitrogens with zero attached hydrogens (tertiary/aromatic N) is 1. The molecule has 1 amide bonds. The molecular formula is C23H24N2O6. The van der Waals surface area contributed by atoms with Crippen LogP contribution < -0.4 is 24.3 Å². The lowest BCUT2D eigenvalue weighted by molar-refractivity contribution is -0.118. The van der Waals surface area contributed by atoms with Gasteiger partial charge in [0, 0.05) is 17.7 Å². The van der Waals surface area contributed by atoms with E-state index in [0.717, 1.165) is 5.56 Å². The summed E-state index contributed by atoms with van der Waals surface area (Å²) in [5, 5.41) is 7.16. The Hall–Kier alpha value is -3.68. The van der Waals surface area contributed by atoms with Gasteiger partial charge < -0.3 is 28.8 Å². The molecule has 1 heterocycles. The molecule has 0 spiro atoms. The fourth-order valence-electron chi connectivity index (χ4n) is 3.49. The molecule has 1 saturated carbocycles. The van der Waals surface area contributed by atoms with Crippen LogP contribution in [-0.2, 0) is 10.2 Å². The van der Waals surface area contributed by atoms with E-state index in [2.05, 4.69) is 10.5 Å². The van der Waals surface area contributed by atoms with Crippen molar-refractivity contribution in [1.82, 2.24) is 5.16 Å². The molecule has 2 aromatic carbocycles. The summed E-state index contributed by atoms with van der Waals surface area (Å²) in [5.74, 6) is 2.78. The molecule has 0 bridgehead atoms. The molecule has 8 heteroatoms. The Bertz CT molecular complexity index is 1100. The maximum Gasteiger partial charge on any atom is 0.236 e. The van der Waals surface area contributed by atoms with Crippen LogP contribution in [0.15, 0.2) is 47.0 Å². The van der Waals surface area contributed by atoms with Crippen molar-refractivity contribution < 1.29 is 28.3 Å². The standard InChI is InChI=1S/C23H24N2O6/c1-27-15-6-7-16(19(12-15)29-3)24-22(26)23(9-10-23)21-13-18(31-25-21)14-5-8-17(28-2)20(11-14)30-4/h5-8,11-13H,9-10H2,1-4H3,(H,24,26). The lowest BCUT2D eigenvalue weighted by atomic mass is 10.00. The Morgan fingerprint density at radius 1 is 0.903 bits per heavy atom. The third kappa shape index (κ3) is 3.76. The quantitative estimate of drug-likeness (QED) is 0.583. The highest BCUT2D eigenvalue weighted by Gasteiger charge is 2.54. The molecule has 1 aliphatic rings. The molecule has 3 aromatic rings. The zero-order valence-corrected chi connectivity index (χ0v) is 17.9. The number of hydrogen-bond donors (Lipinski definition) is 1. The van der Waals surface area contributed by atoms with Crippen LogP contribution in [0.2, 0.25) is 0 Å². The lowest BCUT2D eigenvalue weighted by Gasteiger charge is -2.15. The predicted octanol–water partition coefficient (Wildman–Crippen LogP) is 4.05. The minimum absolute atomic E-state index is 0.150. The molecule has 1 aliphatic carbocycles. The first-order chi connectivity index (χ1) is 15.0. The molecule has 31 heavy (non-hydrogen) atoms. The minimum Gasteiger partial charge on any atom is -0.497 e. The van der Waals surface area contributed by atoms with E-state index in [-0.39, 0.29) is 5.91 Å². The van der Waals surface area contributed by atoms with E-state index in [1.807, 2.05) is 12.1 Å². The summed E-state index contributed by atoms with van der Waals surface area (Å²) in [6.45, 7) is 0. The highest BCUT2D eigenvalue weighted by molar-refractivity contribution is 6.02. The highest BCUT2D eigenvalue weighted by atomic mass is 16.5. The average Bonchev–Trinajstić information content (AvgIpc) is 3.48. The molecule has 0 unspecified atom stereocenters. The largest absolute Gasteiger partial charge is 0.497 e. The molecule has 1 fully saturated rings. The normalized spacial score (nSPS) is 13.9. The van der Waals surface area contributed by atoms with Gasteiger partial charge in [-0.15, -0.1) is 0 Å². The SMILES string of the molecule is COc1ccc(NC(=O)C2(c3cc(-c4ccc(OC)c(OC)c4)on3)CC2)c(OC)c1. The smallest absolute Gasteiger partial charge is 0.236 e. The number of ether oxygens (including phenoxy) is 4. The van der Waals surface area contributed by atoms with Gasteiger partial charge in [0.05, 0.1) is 45.2 Å². The lowest BCUT2D eigenvalue weighted by Crippen LogP contribution is -2.28. The summed E-state index contributed by atoms with van der Waals surface area (Å²) in [4.78, 5) is 13.1. The van der Waals surface area contributed by atoms with Gasteiger partial charge in [-0.05, 0) is 43.2 Å². The van der Waals surface area contributed by atoms with Crippen LogP contribution >= 0.6 is 0 Å². The second-order valence-electron chi connectivity index (χ2n) is 7.25. The molecule has 8 nitrogen and oxygen atoms in total. The van der Waals surface area contributed by atoms with Crippen LogP contribution in [0.5, 0.6) is 23.0 Å². The maximum atomic E-state index is 13.1. The molecule has 0 atom stereocenters. The van der Waals surface area contributed by atoms with Crippen molar-refractivity contribution in [2.75, 3.05) is 33.8 Å². The molecule has 1 aromatic heterocycles. The molecule has 4 rings (SSSR count). The number of methoxy groups -OCH3 is 4. The number of anilines is 1. The van der Waals surface area contributed by atoms with Crippen molar-refractivity contribution in [3.8, 4) is 34.3 Å². The van der Waals surface area contributed by atoms with Crippen molar-refractivity contribution in [2.45, 2.75) is 18.3 Å². The molecule has 162 valence electrons. The summed E-state index contributed by atoms with van der Waals surface area (Å²) in [6, 6.07) is 12.5. The van der Waals surface area contributed by atoms with Crippen molar-refractivity contribution in [2.24, 2.45) is 0 Å². The van der Waals surface area contributed by atoms with Gasteiger partial charge in [0.1, 0.15) is 11.5 Å². The number of rotatable bonds is 8. The van der Waals surface area contributed by atoms with Crippen molar-refractivity contribution >= 4 is 11.6 Å². The van der Waals surface area contributed by atoms with E-state index in [9.17, 15) is 4.79 Å². The Balaban J connectivity index is 1.57.